The minimum atomic E-state index is -0.778. The molecule has 3 aromatic carbocycles. The second-order valence-electron chi connectivity index (χ2n) is 7.21. The topological polar surface area (TPSA) is 75.7 Å². The van der Waals surface area contributed by atoms with Crippen molar-refractivity contribution in [2.24, 2.45) is 0 Å². The van der Waals surface area contributed by atoms with E-state index in [1.165, 1.54) is 6.08 Å². The van der Waals surface area contributed by atoms with Crippen LogP contribution in [0.4, 0.5) is 10.5 Å². The van der Waals surface area contributed by atoms with Gasteiger partial charge in [0.1, 0.15) is 17.9 Å². The number of aryl methyl sites for hydroxylation is 1. The SMILES string of the molecule is Cc1ccc(N2C(=O)NC(=O)/C(=C\c3ccccc3OCc3ccccc3Br)C2=O)cc1. The summed E-state index contributed by atoms with van der Waals surface area (Å²) in [6, 6.07) is 20.9. The highest BCUT2D eigenvalue weighted by atomic mass is 79.9. The van der Waals surface area contributed by atoms with Crippen molar-refractivity contribution in [3.63, 3.8) is 0 Å². The molecule has 4 rings (SSSR count). The Morgan fingerprint density at radius 2 is 1.62 bits per heavy atom. The molecule has 0 unspecified atom stereocenters. The van der Waals surface area contributed by atoms with Crippen molar-refractivity contribution < 1.29 is 19.1 Å². The molecule has 1 aliphatic rings. The van der Waals surface area contributed by atoms with Gasteiger partial charge in [-0.25, -0.2) is 9.69 Å². The first-order valence-corrected chi connectivity index (χ1v) is 10.7. The summed E-state index contributed by atoms with van der Waals surface area (Å²) in [6.07, 6.45) is 1.45. The standard InChI is InChI=1S/C25H19BrN2O4/c1-16-10-12-19(13-11-16)28-24(30)20(23(29)27-25(28)31)14-17-6-3-5-9-22(17)32-15-18-7-2-4-8-21(18)26/h2-14H,15H2,1H3,(H,27,29,31)/b20-14+. The van der Waals surface area contributed by atoms with Gasteiger partial charge < -0.3 is 4.74 Å². The Bertz CT molecular complexity index is 1230. The summed E-state index contributed by atoms with van der Waals surface area (Å²) in [6.45, 7) is 2.21. The number of rotatable bonds is 5. The molecule has 6 nitrogen and oxygen atoms in total. The van der Waals surface area contributed by atoms with Crippen LogP contribution in [0.5, 0.6) is 5.75 Å². The molecule has 0 spiro atoms. The molecule has 4 amide bonds. The molecular formula is C25H19BrN2O4. The van der Waals surface area contributed by atoms with Gasteiger partial charge in [0.05, 0.1) is 5.69 Å². The van der Waals surface area contributed by atoms with E-state index in [9.17, 15) is 14.4 Å². The average Bonchev–Trinajstić information content (AvgIpc) is 2.78. The number of hydrogen-bond acceptors (Lipinski definition) is 4. The Labute approximate surface area is 193 Å². The van der Waals surface area contributed by atoms with Crippen LogP contribution in [0, 0.1) is 6.92 Å². The van der Waals surface area contributed by atoms with Crippen LogP contribution < -0.4 is 15.0 Å². The summed E-state index contributed by atoms with van der Waals surface area (Å²) >= 11 is 3.50. The van der Waals surface area contributed by atoms with E-state index in [4.69, 9.17) is 4.74 Å². The number of carbonyl (C=O) groups is 3. The highest BCUT2D eigenvalue weighted by Gasteiger charge is 2.36. The highest BCUT2D eigenvalue weighted by molar-refractivity contribution is 9.10. The largest absolute Gasteiger partial charge is 0.488 e. The number of amides is 4. The molecule has 3 aromatic rings. The van der Waals surface area contributed by atoms with Crippen molar-refractivity contribution in [2.45, 2.75) is 13.5 Å². The summed E-state index contributed by atoms with van der Waals surface area (Å²) in [4.78, 5) is 38.9. The van der Waals surface area contributed by atoms with Gasteiger partial charge in [0, 0.05) is 15.6 Å². The summed E-state index contributed by atoms with van der Waals surface area (Å²) < 4.78 is 6.88. The van der Waals surface area contributed by atoms with Crippen LogP contribution >= 0.6 is 15.9 Å². The number of imide groups is 2. The van der Waals surface area contributed by atoms with E-state index < -0.39 is 17.8 Å². The molecule has 1 saturated heterocycles. The first-order valence-electron chi connectivity index (χ1n) is 9.87. The molecule has 0 saturated carbocycles. The fourth-order valence-electron chi connectivity index (χ4n) is 3.24. The summed E-state index contributed by atoms with van der Waals surface area (Å²) in [5, 5.41) is 2.24. The van der Waals surface area contributed by atoms with Gasteiger partial charge in [-0.05, 0) is 37.3 Å². The monoisotopic (exact) mass is 490 g/mol. The zero-order valence-corrected chi connectivity index (χ0v) is 18.8. The molecular weight excluding hydrogens is 472 g/mol. The summed E-state index contributed by atoms with van der Waals surface area (Å²) in [5.41, 5.74) is 2.73. The second-order valence-corrected chi connectivity index (χ2v) is 8.07. The predicted octanol–water partition coefficient (Wildman–Crippen LogP) is 5.00. The van der Waals surface area contributed by atoms with Gasteiger partial charge in [-0.1, -0.05) is 70.0 Å². The van der Waals surface area contributed by atoms with Crippen molar-refractivity contribution in [3.05, 3.63) is 99.5 Å². The molecule has 1 fully saturated rings. The van der Waals surface area contributed by atoms with E-state index in [2.05, 4.69) is 21.2 Å². The van der Waals surface area contributed by atoms with Crippen LogP contribution in [-0.2, 0) is 16.2 Å². The first-order chi connectivity index (χ1) is 15.4. The van der Waals surface area contributed by atoms with E-state index >= 15 is 0 Å². The van der Waals surface area contributed by atoms with Crippen LogP contribution in [0.3, 0.4) is 0 Å². The summed E-state index contributed by atoms with van der Waals surface area (Å²) in [5.74, 6) is -0.928. The maximum absolute atomic E-state index is 13.1. The fraction of sp³-hybridized carbons (Fsp3) is 0.0800. The number of carbonyl (C=O) groups excluding carboxylic acids is 3. The molecule has 0 aromatic heterocycles. The van der Waals surface area contributed by atoms with Crippen molar-refractivity contribution >= 4 is 45.5 Å². The number of nitrogens with one attached hydrogen (secondary N) is 1. The van der Waals surface area contributed by atoms with Crippen molar-refractivity contribution in [1.29, 1.82) is 0 Å². The number of para-hydroxylation sites is 1. The van der Waals surface area contributed by atoms with Crippen LogP contribution in [0.25, 0.3) is 6.08 Å². The predicted molar refractivity (Wildman–Crippen MR) is 125 cm³/mol. The number of urea groups is 1. The zero-order chi connectivity index (χ0) is 22.7. The maximum atomic E-state index is 13.1. The van der Waals surface area contributed by atoms with E-state index in [0.717, 1.165) is 20.5 Å². The van der Waals surface area contributed by atoms with E-state index in [1.807, 2.05) is 37.3 Å². The number of anilines is 1. The smallest absolute Gasteiger partial charge is 0.335 e. The number of hydrogen-bond donors (Lipinski definition) is 1. The number of halogens is 1. The number of barbiturate groups is 1. The molecule has 7 heteroatoms. The van der Waals surface area contributed by atoms with Gasteiger partial charge in [0.2, 0.25) is 0 Å². The van der Waals surface area contributed by atoms with Crippen molar-refractivity contribution in [1.82, 2.24) is 5.32 Å². The van der Waals surface area contributed by atoms with Gasteiger partial charge in [0.25, 0.3) is 11.8 Å². The van der Waals surface area contributed by atoms with Gasteiger partial charge in [-0.15, -0.1) is 0 Å². The number of benzene rings is 3. The number of nitrogens with zero attached hydrogens (tertiary/aromatic N) is 1. The highest BCUT2D eigenvalue weighted by Crippen LogP contribution is 2.27. The van der Waals surface area contributed by atoms with Crippen LogP contribution in [0.2, 0.25) is 0 Å². The zero-order valence-electron chi connectivity index (χ0n) is 17.2. The molecule has 0 aliphatic carbocycles. The molecule has 1 aliphatic heterocycles. The van der Waals surface area contributed by atoms with Crippen LogP contribution in [-0.4, -0.2) is 17.8 Å². The minimum absolute atomic E-state index is 0.151. The Morgan fingerprint density at radius 1 is 0.938 bits per heavy atom. The molecule has 1 N–H and O–H groups in total. The third-order valence-corrected chi connectivity index (χ3v) is 5.73. The fourth-order valence-corrected chi connectivity index (χ4v) is 3.64. The Hall–Kier alpha value is -3.71. The third kappa shape index (κ3) is 4.48. The van der Waals surface area contributed by atoms with Gasteiger partial charge >= 0.3 is 6.03 Å². The van der Waals surface area contributed by atoms with Gasteiger partial charge in [-0.3, -0.25) is 14.9 Å². The third-order valence-electron chi connectivity index (χ3n) is 4.95. The first kappa shape index (κ1) is 21.5. The minimum Gasteiger partial charge on any atom is -0.488 e. The lowest BCUT2D eigenvalue weighted by atomic mass is 10.1. The Kier molecular flexibility index (Phi) is 6.18. The lowest BCUT2D eigenvalue weighted by Crippen LogP contribution is -2.54. The summed E-state index contributed by atoms with van der Waals surface area (Å²) in [7, 11) is 0. The molecule has 0 bridgehead atoms. The lowest BCUT2D eigenvalue weighted by molar-refractivity contribution is -0.122. The second kappa shape index (κ2) is 9.20. The average molecular weight is 491 g/mol. The Balaban J connectivity index is 1.64. The van der Waals surface area contributed by atoms with E-state index in [1.54, 1.807) is 42.5 Å². The van der Waals surface area contributed by atoms with Gasteiger partial charge in [0.15, 0.2) is 0 Å². The maximum Gasteiger partial charge on any atom is 0.335 e. The molecule has 160 valence electrons. The van der Waals surface area contributed by atoms with Crippen molar-refractivity contribution in [2.75, 3.05) is 4.90 Å². The molecule has 0 radical (unpaired) electrons. The molecule has 32 heavy (non-hydrogen) atoms. The quantitative estimate of drug-likeness (QED) is 0.403. The lowest BCUT2D eigenvalue weighted by Gasteiger charge is -2.26. The van der Waals surface area contributed by atoms with Gasteiger partial charge in [-0.2, -0.15) is 0 Å². The van der Waals surface area contributed by atoms with E-state index in [0.29, 0.717) is 23.6 Å². The Morgan fingerprint density at radius 3 is 2.38 bits per heavy atom. The number of ether oxygens (including phenoxy) is 1. The van der Waals surface area contributed by atoms with Crippen LogP contribution in [0.1, 0.15) is 16.7 Å². The normalized spacial score (nSPS) is 15.1. The van der Waals surface area contributed by atoms with Crippen molar-refractivity contribution in [3.8, 4) is 5.75 Å². The molecule has 0 atom stereocenters. The van der Waals surface area contributed by atoms with E-state index in [-0.39, 0.29) is 5.57 Å². The molecule has 1 heterocycles. The van der Waals surface area contributed by atoms with Crippen LogP contribution in [0.15, 0.2) is 82.8 Å².